The van der Waals surface area contributed by atoms with E-state index in [2.05, 4.69) is 30.5 Å². The second kappa shape index (κ2) is 5.30. The van der Waals surface area contributed by atoms with Gasteiger partial charge in [0.1, 0.15) is 0 Å². The monoisotopic (exact) mass is 196 g/mol. The molecule has 0 saturated heterocycles. The predicted molar refractivity (Wildman–Crippen MR) is 58.2 cm³/mol. The molecule has 1 N–H and O–H groups in total. The Hall–Kier alpha value is -0.470. The zero-order valence-electron chi connectivity index (χ0n) is 8.16. The summed E-state index contributed by atoms with van der Waals surface area (Å²) in [6.07, 6.45) is 3.46. The van der Waals surface area contributed by atoms with Crippen molar-refractivity contribution in [2.75, 3.05) is 6.26 Å². The van der Waals surface area contributed by atoms with E-state index in [1.165, 1.54) is 10.5 Å². The van der Waals surface area contributed by atoms with Gasteiger partial charge in [-0.1, -0.05) is 19.1 Å². The Balaban J connectivity index is 2.58. The minimum Gasteiger partial charge on any atom is -0.393 e. The summed E-state index contributed by atoms with van der Waals surface area (Å²) in [6, 6.07) is 8.38. The lowest BCUT2D eigenvalue weighted by atomic mass is 10.1. The molecule has 1 rings (SSSR count). The molecule has 0 saturated carbocycles. The zero-order chi connectivity index (χ0) is 9.68. The average molecular weight is 196 g/mol. The molecule has 1 nitrogen and oxygen atoms in total. The number of aliphatic hydroxyl groups excluding tert-OH is 1. The largest absolute Gasteiger partial charge is 0.393 e. The molecule has 0 heterocycles. The molecule has 13 heavy (non-hydrogen) atoms. The molecule has 1 aromatic carbocycles. The summed E-state index contributed by atoms with van der Waals surface area (Å²) in [5.74, 6) is 0. The lowest BCUT2D eigenvalue weighted by molar-refractivity contribution is 0.171. The number of aliphatic hydroxyl groups is 1. The van der Waals surface area contributed by atoms with Crippen LogP contribution in [-0.2, 0) is 6.42 Å². The third-order valence-electron chi connectivity index (χ3n) is 2.10. The van der Waals surface area contributed by atoms with E-state index in [0.29, 0.717) is 0 Å². The van der Waals surface area contributed by atoms with Gasteiger partial charge in [-0.15, -0.1) is 11.8 Å². The minimum atomic E-state index is -0.194. The van der Waals surface area contributed by atoms with Crippen LogP contribution in [0.15, 0.2) is 29.2 Å². The highest BCUT2D eigenvalue weighted by Gasteiger charge is 2.01. The van der Waals surface area contributed by atoms with Crippen molar-refractivity contribution in [1.29, 1.82) is 0 Å². The maximum absolute atomic E-state index is 9.43. The summed E-state index contributed by atoms with van der Waals surface area (Å²) in [5, 5.41) is 9.43. The van der Waals surface area contributed by atoms with Crippen LogP contribution < -0.4 is 0 Å². The Labute approximate surface area is 84.2 Å². The van der Waals surface area contributed by atoms with Gasteiger partial charge in [0, 0.05) is 4.90 Å². The van der Waals surface area contributed by atoms with Gasteiger partial charge in [0.15, 0.2) is 0 Å². The van der Waals surface area contributed by atoms with Gasteiger partial charge in [-0.05, 0) is 36.8 Å². The standard InChI is InChI=1S/C11H16OS/c1-3-10(12)8-9-4-6-11(13-2)7-5-9/h4-7,10,12H,3,8H2,1-2H3/t10-/m0/s1. The lowest BCUT2D eigenvalue weighted by Gasteiger charge is -2.07. The third kappa shape index (κ3) is 3.41. The van der Waals surface area contributed by atoms with E-state index in [1.807, 2.05) is 6.92 Å². The molecular formula is C11H16OS. The van der Waals surface area contributed by atoms with Crippen LogP contribution in [-0.4, -0.2) is 17.5 Å². The Kier molecular flexibility index (Phi) is 4.33. The third-order valence-corrected chi connectivity index (χ3v) is 2.85. The summed E-state index contributed by atoms with van der Waals surface area (Å²) in [5.41, 5.74) is 1.21. The molecule has 0 aliphatic rings. The van der Waals surface area contributed by atoms with Crippen molar-refractivity contribution in [1.82, 2.24) is 0 Å². The van der Waals surface area contributed by atoms with Gasteiger partial charge in [-0.25, -0.2) is 0 Å². The Bertz CT molecular complexity index is 243. The molecule has 0 bridgehead atoms. The van der Waals surface area contributed by atoms with Crippen LogP contribution in [0.1, 0.15) is 18.9 Å². The van der Waals surface area contributed by atoms with Gasteiger partial charge in [-0.3, -0.25) is 0 Å². The number of hydrogen-bond acceptors (Lipinski definition) is 2. The van der Waals surface area contributed by atoms with Crippen LogP contribution in [0.5, 0.6) is 0 Å². The van der Waals surface area contributed by atoms with Crippen molar-refractivity contribution in [3.05, 3.63) is 29.8 Å². The van der Waals surface area contributed by atoms with E-state index >= 15 is 0 Å². The van der Waals surface area contributed by atoms with Crippen molar-refractivity contribution in [2.24, 2.45) is 0 Å². The molecule has 1 aromatic rings. The van der Waals surface area contributed by atoms with E-state index in [4.69, 9.17) is 0 Å². The summed E-state index contributed by atoms with van der Waals surface area (Å²) in [7, 11) is 0. The van der Waals surface area contributed by atoms with Crippen LogP contribution in [0.2, 0.25) is 0 Å². The molecular weight excluding hydrogens is 180 g/mol. The second-order valence-electron chi connectivity index (χ2n) is 3.11. The van der Waals surface area contributed by atoms with Crippen molar-refractivity contribution in [3.8, 4) is 0 Å². The fourth-order valence-corrected chi connectivity index (χ4v) is 1.59. The molecule has 0 amide bonds. The molecule has 0 unspecified atom stereocenters. The first-order valence-electron chi connectivity index (χ1n) is 4.57. The van der Waals surface area contributed by atoms with Gasteiger partial charge >= 0.3 is 0 Å². The Morgan fingerprint density at radius 2 is 1.92 bits per heavy atom. The molecule has 0 radical (unpaired) electrons. The average Bonchev–Trinajstić information content (AvgIpc) is 2.19. The van der Waals surface area contributed by atoms with E-state index in [1.54, 1.807) is 11.8 Å². The summed E-state index contributed by atoms with van der Waals surface area (Å²) in [4.78, 5) is 1.27. The van der Waals surface area contributed by atoms with Crippen LogP contribution in [0.4, 0.5) is 0 Å². The summed E-state index contributed by atoms with van der Waals surface area (Å²) in [6.45, 7) is 2.00. The van der Waals surface area contributed by atoms with Gasteiger partial charge in [0.05, 0.1) is 6.10 Å². The molecule has 0 fully saturated rings. The molecule has 2 heteroatoms. The van der Waals surface area contributed by atoms with E-state index in [9.17, 15) is 5.11 Å². The maximum atomic E-state index is 9.43. The highest BCUT2D eigenvalue weighted by Crippen LogP contribution is 2.15. The number of benzene rings is 1. The van der Waals surface area contributed by atoms with Gasteiger partial charge < -0.3 is 5.11 Å². The molecule has 1 atom stereocenters. The van der Waals surface area contributed by atoms with Crippen LogP contribution in [0.25, 0.3) is 0 Å². The van der Waals surface area contributed by atoms with Gasteiger partial charge in [0.2, 0.25) is 0 Å². The molecule has 0 spiro atoms. The highest BCUT2D eigenvalue weighted by atomic mass is 32.2. The van der Waals surface area contributed by atoms with E-state index in [-0.39, 0.29) is 6.10 Å². The molecule has 0 aliphatic carbocycles. The van der Waals surface area contributed by atoms with Crippen LogP contribution in [0.3, 0.4) is 0 Å². The van der Waals surface area contributed by atoms with Crippen molar-refractivity contribution in [2.45, 2.75) is 30.8 Å². The molecule has 72 valence electrons. The van der Waals surface area contributed by atoms with Crippen molar-refractivity contribution < 1.29 is 5.11 Å². The normalized spacial score (nSPS) is 12.8. The van der Waals surface area contributed by atoms with E-state index in [0.717, 1.165) is 12.8 Å². The highest BCUT2D eigenvalue weighted by molar-refractivity contribution is 7.98. The first kappa shape index (κ1) is 10.6. The fraction of sp³-hybridized carbons (Fsp3) is 0.455. The zero-order valence-corrected chi connectivity index (χ0v) is 8.97. The SMILES string of the molecule is CC[C@H](O)Cc1ccc(SC)cc1. The molecule has 0 aromatic heterocycles. The van der Waals surface area contributed by atoms with Crippen molar-refractivity contribution >= 4 is 11.8 Å². The second-order valence-corrected chi connectivity index (χ2v) is 3.99. The molecule has 0 aliphatic heterocycles. The Morgan fingerprint density at radius 3 is 2.38 bits per heavy atom. The van der Waals surface area contributed by atoms with Gasteiger partial charge in [-0.2, -0.15) is 0 Å². The quantitative estimate of drug-likeness (QED) is 0.747. The number of hydrogen-bond donors (Lipinski definition) is 1. The van der Waals surface area contributed by atoms with Crippen LogP contribution in [0, 0.1) is 0 Å². The van der Waals surface area contributed by atoms with Crippen LogP contribution >= 0.6 is 11.8 Å². The first-order chi connectivity index (χ1) is 6.26. The number of thioether (sulfide) groups is 1. The lowest BCUT2D eigenvalue weighted by Crippen LogP contribution is -2.07. The van der Waals surface area contributed by atoms with Crippen molar-refractivity contribution in [3.63, 3.8) is 0 Å². The maximum Gasteiger partial charge on any atom is 0.0577 e. The smallest absolute Gasteiger partial charge is 0.0577 e. The van der Waals surface area contributed by atoms with Gasteiger partial charge in [0.25, 0.3) is 0 Å². The summed E-state index contributed by atoms with van der Waals surface area (Å²) < 4.78 is 0. The fourth-order valence-electron chi connectivity index (χ4n) is 1.18. The predicted octanol–water partition coefficient (Wildman–Crippen LogP) is 2.72. The number of rotatable bonds is 4. The first-order valence-corrected chi connectivity index (χ1v) is 5.79. The Morgan fingerprint density at radius 1 is 1.31 bits per heavy atom. The topological polar surface area (TPSA) is 20.2 Å². The summed E-state index contributed by atoms with van der Waals surface area (Å²) >= 11 is 1.74. The van der Waals surface area contributed by atoms with E-state index < -0.39 is 0 Å². The minimum absolute atomic E-state index is 0.194.